The number of carbonyl (C=O) groups is 2. The molecule has 1 amide bonds. The Morgan fingerprint density at radius 3 is 2.24 bits per heavy atom. The summed E-state index contributed by atoms with van der Waals surface area (Å²) in [5.41, 5.74) is 1.46. The number of nitrogens with one attached hydrogen (secondary N) is 1. The van der Waals surface area contributed by atoms with E-state index in [-0.39, 0.29) is 40.7 Å². The van der Waals surface area contributed by atoms with Crippen LogP contribution in [0, 0.1) is 17.3 Å². The van der Waals surface area contributed by atoms with Gasteiger partial charge in [0, 0.05) is 48.1 Å². The Kier molecular flexibility index (Phi) is 9.13. The molecule has 0 spiro atoms. The zero-order chi connectivity index (χ0) is 29.2. The monoisotopic (exact) mass is 580 g/mol. The number of hydrogen-bond donors (Lipinski definition) is 2. The Balaban J connectivity index is 1.59. The van der Waals surface area contributed by atoms with Gasteiger partial charge in [-0.3, -0.25) is 4.79 Å². The van der Waals surface area contributed by atoms with Gasteiger partial charge in [-0.2, -0.15) is 0 Å². The maximum atomic E-state index is 14.4. The van der Waals surface area contributed by atoms with E-state index in [0.717, 1.165) is 61.1 Å². The highest BCUT2D eigenvalue weighted by Crippen LogP contribution is 2.50. The van der Waals surface area contributed by atoms with Gasteiger partial charge in [0.1, 0.15) is 6.04 Å². The lowest BCUT2D eigenvalue weighted by molar-refractivity contribution is -0.154. The van der Waals surface area contributed by atoms with Crippen LogP contribution >= 0.6 is 11.6 Å². The molecule has 1 saturated carbocycles. The molecule has 0 unspecified atom stereocenters. The molecule has 1 aliphatic carbocycles. The highest BCUT2D eigenvalue weighted by molar-refractivity contribution is 6.31. The first kappa shape index (κ1) is 30.1. The number of amides is 1. The van der Waals surface area contributed by atoms with Crippen molar-refractivity contribution in [3.63, 3.8) is 0 Å². The molecule has 2 aromatic rings. The van der Waals surface area contributed by atoms with Gasteiger partial charge in [-0.1, -0.05) is 100 Å². The first-order valence-corrected chi connectivity index (χ1v) is 15.7. The van der Waals surface area contributed by atoms with E-state index in [1.165, 1.54) is 0 Å². The first-order valence-electron chi connectivity index (χ1n) is 15.3. The summed E-state index contributed by atoms with van der Waals surface area (Å²) < 4.78 is 5.79. The summed E-state index contributed by atoms with van der Waals surface area (Å²) in [5.74, 6) is -1.36. The van der Waals surface area contributed by atoms with Gasteiger partial charge < -0.3 is 20.1 Å². The Morgan fingerprint density at radius 2 is 1.63 bits per heavy atom. The minimum atomic E-state index is -0.925. The van der Waals surface area contributed by atoms with Crippen molar-refractivity contribution in [2.75, 3.05) is 19.8 Å². The predicted octanol–water partition coefficient (Wildman–Crippen LogP) is 6.63. The summed E-state index contributed by atoms with van der Waals surface area (Å²) in [5, 5.41) is 15.4. The normalized spacial score (nSPS) is 27.1. The SMILES string of the molecule is CC(C)(C)[C@H]1[C@H](NCC2(c3ccccc3Cl)CCOCC2)[C@H](c2ccccc2)N(C(=O)C2CCCCC2)[C@@H]1C(=O)O. The van der Waals surface area contributed by atoms with Crippen LogP contribution < -0.4 is 5.32 Å². The number of carbonyl (C=O) groups excluding carboxylic acids is 1. The molecule has 2 aromatic carbocycles. The quantitative estimate of drug-likeness (QED) is 0.384. The van der Waals surface area contributed by atoms with Crippen molar-refractivity contribution in [3.8, 4) is 0 Å². The second-order valence-electron chi connectivity index (χ2n) is 13.4. The minimum absolute atomic E-state index is 0.00335. The summed E-state index contributed by atoms with van der Waals surface area (Å²) in [6.07, 6.45) is 6.47. The number of likely N-dealkylation sites (tertiary alicyclic amines) is 1. The third-order valence-corrected chi connectivity index (χ3v) is 10.2. The van der Waals surface area contributed by atoms with Crippen LogP contribution in [0.25, 0.3) is 0 Å². The number of carboxylic acid groups (broad SMARTS) is 1. The summed E-state index contributed by atoms with van der Waals surface area (Å²) in [4.78, 5) is 29.3. The number of nitrogens with zero attached hydrogens (tertiary/aromatic N) is 1. The number of hydrogen-bond acceptors (Lipinski definition) is 4. The molecule has 0 aromatic heterocycles. The summed E-state index contributed by atoms with van der Waals surface area (Å²) >= 11 is 6.78. The zero-order valence-corrected chi connectivity index (χ0v) is 25.4. The van der Waals surface area contributed by atoms with Gasteiger partial charge in [-0.05, 0) is 48.3 Å². The molecule has 0 bridgehead atoms. The molecule has 2 aliphatic heterocycles. The number of halogens is 1. The molecule has 3 aliphatic rings. The topological polar surface area (TPSA) is 78.9 Å². The molecule has 5 rings (SSSR count). The van der Waals surface area contributed by atoms with Gasteiger partial charge in [0.2, 0.25) is 5.91 Å². The maximum absolute atomic E-state index is 14.4. The Morgan fingerprint density at radius 1 is 1.00 bits per heavy atom. The lowest BCUT2D eigenvalue weighted by Crippen LogP contribution is -2.51. The molecule has 2 heterocycles. The fraction of sp³-hybridized carbons (Fsp3) is 0.588. The molecule has 2 N–H and O–H groups in total. The smallest absolute Gasteiger partial charge is 0.326 e. The Bertz CT molecular complexity index is 1200. The Labute approximate surface area is 249 Å². The molecular weight excluding hydrogens is 536 g/mol. The molecule has 4 atom stereocenters. The van der Waals surface area contributed by atoms with E-state index in [1.54, 1.807) is 4.90 Å². The molecule has 6 nitrogen and oxygen atoms in total. The summed E-state index contributed by atoms with van der Waals surface area (Å²) in [6, 6.07) is 16.5. The number of benzene rings is 2. The van der Waals surface area contributed by atoms with Crippen molar-refractivity contribution in [2.24, 2.45) is 17.3 Å². The van der Waals surface area contributed by atoms with E-state index in [0.29, 0.717) is 19.8 Å². The van der Waals surface area contributed by atoms with Crippen molar-refractivity contribution >= 4 is 23.5 Å². The minimum Gasteiger partial charge on any atom is -0.480 e. The second kappa shape index (κ2) is 12.4. The van der Waals surface area contributed by atoms with Crippen molar-refractivity contribution in [1.82, 2.24) is 10.2 Å². The van der Waals surface area contributed by atoms with Gasteiger partial charge in [0.25, 0.3) is 0 Å². The molecule has 7 heteroatoms. The number of rotatable bonds is 7. The average Bonchev–Trinajstić information content (AvgIpc) is 3.33. The van der Waals surface area contributed by atoms with Crippen LogP contribution in [0.5, 0.6) is 0 Å². The molecular formula is C34H45ClN2O4. The zero-order valence-electron chi connectivity index (χ0n) is 24.7. The van der Waals surface area contributed by atoms with E-state index in [4.69, 9.17) is 16.3 Å². The summed E-state index contributed by atoms with van der Waals surface area (Å²) in [6.45, 7) is 8.24. The van der Waals surface area contributed by atoms with E-state index in [1.807, 2.05) is 48.5 Å². The molecule has 222 valence electrons. The lowest BCUT2D eigenvalue weighted by atomic mass is 9.71. The van der Waals surface area contributed by atoms with Crippen molar-refractivity contribution in [1.29, 1.82) is 0 Å². The van der Waals surface area contributed by atoms with Crippen LogP contribution in [-0.2, 0) is 19.7 Å². The van der Waals surface area contributed by atoms with Gasteiger partial charge >= 0.3 is 5.97 Å². The number of aliphatic carboxylic acids is 1. The Hall–Kier alpha value is -2.41. The maximum Gasteiger partial charge on any atom is 0.326 e. The van der Waals surface area contributed by atoms with Crippen molar-refractivity contribution < 1.29 is 19.4 Å². The van der Waals surface area contributed by atoms with Gasteiger partial charge in [-0.25, -0.2) is 4.79 Å². The first-order chi connectivity index (χ1) is 19.6. The van der Waals surface area contributed by atoms with Gasteiger partial charge in [0.15, 0.2) is 0 Å². The van der Waals surface area contributed by atoms with Crippen molar-refractivity contribution in [2.45, 2.75) is 89.3 Å². The largest absolute Gasteiger partial charge is 0.480 e. The van der Waals surface area contributed by atoms with Crippen LogP contribution in [0.1, 0.15) is 82.9 Å². The molecule has 0 radical (unpaired) electrons. The van der Waals surface area contributed by atoms with Gasteiger partial charge in [0.05, 0.1) is 6.04 Å². The van der Waals surface area contributed by atoms with Crippen LogP contribution in [-0.4, -0.2) is 53.7 Å². The standard InChI is InChI=1S/C34H45ClN2O4/c1-33(2,3)27-28(36-22-34(18-20-41-21-19-34)25-16-10-11-17-26(25)35)29(23-12-6-4-7-13-23)37(30(27)32(39)40)31(38)24-14-8-5-9-15-24/h4,6-7,10-13,16-17,24,27-30,36H,5,8-9,14-15,18-22H2,1-3H3,(H,39,40)/t27-,28-,29-,30-/m0/s1. The second-order valence-corrected chi connectivity index (χ2v) is 13.8. The summed E-state index contributed by atoms with van der Waals surface area (Å²) in [7, 11) is 0. The van der Waals surface area contributed by atoms with E-state index in [9.17, 15) is 14.7 Å². The predicted molar refractivity (Wildman–Crippen MR) is 162 cm³/mol. The average molecular weight is 581 g/mol. The fourth-order valence-electron chi connectivity index (χ4n) is 7.80. The molecule has 3 fully saturated rings. The molecule has 2 saturated heterocycles. The van der Waals surface area contributed by atoms with E-state index < -0.39 is 12.0 Å². The third kappa shape index (κ3) is 6.07. The van der Waals surface area contributed by atoms with Gasteiger partial charge in [-0.15, -0.1) is 0 Å². The molecule has 41 heavy (non-hydrogen) atoms. The van der Waals surface area contributed by atoms with Crippen LogP contribution in [0.2, 0.25) is 5.02 Å². The lowest BCUT2D eigenvalue weighted by Gasteiger charge is -2.42. The van der Waals surface area contributed by atoms with Crippen LogP contribution in [0.15, 0.2) is 54.6 Å². The van der Waals surface area contributed by atoms with E-state index in [2.05, 4.69) is 32.2 Å². The van der Waals surface area contributed by atoms with Crippen LogP contribution in [0.4, 0.5) is 0 Å². The van der Waals surface area contributed by atoms with E-state index >= 15 is 0 Å². The number of carboxylic acids is 1. The number of ether oxygens (including phenoxy) is 1. The van der Waals surface area contributed by atoms with Crippen LogP contribution in [0.3, 0.4) is 0 Å². The van der Waals surface area contributed by atoms with Crippen molar-refractivity contribution in [3.05, 3.63) is 70.7 Å². The third-order valence-electron chi connectivity index (χ3n) is 9.84. The highest BCUT2D eigenvalue weighted by atomic mass is 35.5. The highest BCUT2D eigenvalue weighted by Gasteiger charge is 2.58. The fourth-order valence-corrected chi connectivity index (χ4v) is 8.13.